The van der Waals surface area contributed by atoms with Gasteiger partial charge in [0.15, 0.2) is 0 Å². The topological polar surface area (TPSA) is 40.5 Å². The van der Waals surface area contributed by atoms with E-state index in [9.17, 15) is 4.79 Å². The molecule has 1 fully saturated rings. The van der Waals surface area contributed by atoms with E-state index in [1.54, 1.807) is 0 Å². The largest absolute Gasteiger partial charge is 0.481 e. The van der Waals surface area contributed by atoms with Gasteiger partial charge in [-0.2, -0.15) is 0 Å². The molecule has 0 bridgehead atoms. The minimum atomic E-state index is -0.685. The fourth-order valence-electron chi connectivity index (χ4n) is 2.72. The molecule has 1 atom stereocenters. The number of carbonyl (C=O) groups is 1. The van der Waals surface area contributed by atoms with Crippen LogP contribution in [0.15, 0.2) is 24.3 Å². The van der Waals surface area contributed by atoms with Gasteiger partial charge in [-0.15, -0.1) is 0 Å². The van der Waals surface area contributed by atoms with Crippen molar-refractivity contribution in [2.24, 2.45) is 5.41 Å². The Morgan fingerprint density at radius 3 is 2.67 bits per heavy atom. The van der Waals surface area contributed by atoms with Crippen molar-refractivity contribution in [3.63, 3.8) is 0 Å². The first-order valence-corrected chi connectivity index (χ1v) is 6.47. The lowest BCUT2D eigenvalue weighted by Gasteiger charge is -2.22. The van der Waals surface area contributed by atoms with Crippen LogP contribution in [-0.2, 0) is 11.3 Å². The molecule has 1 aromatic rings. The fourth-order valence-corrected chi connectivity index (χ4v) is 2.72. The van der Waals surface area contributed by atoms with Gasteiger partial charge in [-0.25, -0.2) is 0 Å². The Kier molecular flexibility index (Phi) is 3.71. The molecule has 1 aliphatic heterocycles. The maximum atomic E-state index is 10.8. The predicted molar refractivity (Wildman–Crippen MR) is 71.4 cm³/mol. The summed E-state index contributed by atoms with van der Waals surface area (Å²) >= 11 is 0. The van der Waals surface area contributed by atoms with Gasteiger partial charge in [-0.05, 0) is 30.9 Å². The lowest BCUT2D eigenvalue weighted by atomic mass is 9.86. The first-order chi connectivity index (χ1) is 8.47. The molecule has 1 N–H and O–H groups in total. The molecule has 0 amide bonds. The van der Waals surface area contributed by atoms with Crippen molar-refractivity contribution in [1.29, 1.82) is 0 Å². The third kappa shape index (κ3) is 3.33. The molecule has 1 aliphatic rings. The Bertz CT molecular complexity index is 427. The van der Waals surface area contributed by atoms with Gasteiger partial charge in [0, 0.05) is 13.1 Å². The van der Waals surface area contributed by atoms with E-state index in [2.05, 4.69) is 43.0 Å². The van der Waals surface area contributed by atoms with Gasteiger partial charge in [0.05, 0.1) is 6.42 Å². The van der Waals surface area contributed by atoms with Crippen LogP contribution >= 0.6 is 0 Å². The van der Waals surface area contributed by atoms with Crippen LogP contribution in [0, 0.1) is 12.3 Å². The SMILES string of the molecule is Cc1ccc(CN2CCC(C)(CC(=O)O)C2)cc1. The summed E-state index contributed by atoms with van der Waals surface area (Å²) in [5.74, 6) is -0.685. The highest BCUT2D eigenvalue weighted by molar-refractivity contribution is 5.67. The molecule has 98 valence electrons. The van der Waals surface area contributed by atoms with Crippen LogP contribution in [0.4, 0.5) is 0 Å². The van der Waals surface area contributed by atoms with E-state index >= 15 is 0 Å². The number of rotatable bonds is 4. The summed E-state index contributed by atoms with van der Waals surface area (Å²) in [7, 11) is 0. The third-order valence-corrected chi connectivity index (χ3v) is 3.74. The van der Waals surface area contributed by atoms with Gasteiger partial charge in [0.25, 0.3) is 0 Å². The highest BCUT2D eigenvalue weighted by Crippen LogP contribution is 2.34. The van der Waals surface area contributed by atoms with Crippen molar-refractivity contribution in [2.45, 2.75) is 33.2 Å². The second-order valence-corrected chi connectivity index (χ2v) is 5.83. The zero-order valence-electron chi connectivity index (χ0n) is 11.1. The molecule has 2 rings (SSSR count). The van der Waals surface area contributed by atoms with Crippen LogP contribution in [0.25, 0.3) is 0 Å². The molecule has 1 unspecified atom stereocenters. The molecule has 3 heteroatoms. The number of aryl methyl sites for hydroxylation is 1. The second kappa shape index (κ2) is 5.11. The van der Waals surface area contributed by atoms with E-state index in [0.717, 1.165) is 26.1 Å². The molecular weight excluding hydrogens is 226 g/mol. The number of hydrogen-bond acceptors (Lipinski definition) is 2. The van der Waals surface area contributed by atoms with E-state index in [1.165, 1.54) is 11.1 Å². The van der Waals surface area contributed by atoms with Crippen molar-refractivity contribution in [3.8, 4) is 0 Å². The van der Waals surface area contributed by atoms with Crippen LogP contribution in [0.5, 0.6) is 0 Å². The zero-order valence-corrected chi connectivity index (χ0v) is 11.1. The van der Waals surface area contributed by atoms with Crippen LogP contribution in [0.3, 0.4) is 0 Å². The summed E-state index contributed by atoms with van der Waals surface area (Å²) in [6.07, 6.45) is 1.25. The molecule has 1 saturated heterocycles. The Hall–Kier alpha value is -1.35. The van der Waals surface area contributed by atoms with Gasteiger partial charge in [-0.1, -0.05) is 36.8 Å². The zero-order chi connectivity index (χ0) is 13.2. The Morgan fingerprint density at radius 2 is 2.06 bits per heavy atom. The number of benzene rings is 1. The van der Waals surface area contributed by atoms with Gasteiger partial charge in [-0.3, -0.25) is 9.69 Å². The maximum absolute atomic E-state index is 10.8. The average Bonchev–Trinajstić information content (AvgIpc) is 2.62. The van der Waals surface area contributed by atoms with Crippen LogP contribution < -0.4 is 0 Å². The number of hydrogen-bond donors (Lipinski definition) is 1. The Balaban J connectivity index is 1.93. The number of carboxylic acids is 1. The van der Waals surface area contributed by atoms with E-state index in [1.807, 2.05) is 0 Å². The predicted octanol–water partition coefficient (Wildman–Crippen LogP) is 2.68. The van der Waals surface area contributed by atoms with E-state index < -0.39 is 5.97 Å². The second-order valence-electron chi connectivity index (χ2n) is 5.83. The molecule has 0 radical (unpaired) electrons. The van der Waals surface area contributed by atoms with Gasteiger partial charge >= 0.3 is 5.97 Å². The van der Waals surface area contributed by atoms with Crippen LogP contribution in [-0.4, -0.2) is 29.1 Å². The summed E-state index contributed by atoms with van der Waals surface area (Å²) in [4.78, 5) is 13.2. The van der Waals surface area contributed by atoms with E-state index in [0.29, 0.717) is 0 Å². The third-order valence-electron chi connectivity index (χ3n) is 3.74. The van der Waals surface area contributed by atoms with E-state index in [4.69, 9.17) is 5.11 Å². The quantitative estimate of drug-likeness (QED) is 0.889. The van der Waals surface area contributed by atoms with Crippen molar-refractivity contribution in [2.75, 3.05) is 13.1 Å². The Morgan fingerprint density at radius 1 is 1.39 bits per heavy atom. The summed E-state index contributed by atoms with van der Waals surface area (Å²) in [5.41, 5.74) is 2.52. The van der Waals surface area contributed by atoms with Gasteiger partial charge in [0.1, 0.15) is 0 Å². The first kappa shape index (κ1) is 13.1. The molecule has 1 heterocycles. The lowest BCUT2D eigenvalue weighted by Crippen LogP contribution is -2.26. The van der Waals surface area contributed by atoms with E-state index in [-0.39, 0.29) is 11.8 Å². The molecule has 3 nitrogen and oxygen atoms in total. The molecule has 0 spiro atoms. The molecule has 0 aromatic heterocycles. The van der Waals surface area contributed by atoms with Crippen molar-refractivity contribution < 1.29 is 9.90 Å². The van der Waals surface area contributed by atoms with Crippen molar-refractivity contribution >= 4 is 5.97 Å². The number of likely N-dealkylation sites (tertiary alicyclic amines) is 1. The standard InChI is InChI=1S/C15H21NO2/c1-12-3-5-13(6-4-12)10-16-8-7-15(2,11-16)9-14(17)18/h3-6H,7-11H2,1-2H3,(H,17,18). The van der Waals surface area contributed by atoms with Gasteiger partial charge in [0.2, 0.25) is 0 Å². The minimum absolute atomic E-state index is 0.0590. The average molecular weight is 247 g/mol. The van der Waals surface area contributed by atoms with Crippen molar-refractivity contribution in [3.05, 3.63) is 35.4 Å². The normalized spacial score (nSPS) is 24.3. The van der Waals surface area contributed by atoms with Crippen LogP contribution in [0.2, 0.25) is 0 Å². The number of nitrogens with zero attached hydrogens (tertiary/aromatic N) is 1. The molecule has 0 aliphatic carbocycles. The van der Waals surface area contributed by atoms with Gasteiger partial charge < -0.3 is 5.11 Å². The van der Waals surface area contributed by atoms with Crippen LogP contribution in [0.1, 0.15) is 30.9 Å². The summed E-state index contributed by atoms with van der Waals surface area (Å²) in [6.45, 7) is 6.97. The molecule has 0 saturated carbocycles. The maximum Gasteiger partial charge on any atom is 0.303 e. The fraction of sp³-hybridized carbons (Fsp3) is 0.533. The lowest BCUT2D eigenvalue weighted by molar-refractivity contribution is -0.139. The minimum Gasteiger partial charge on any atom is -0.481 e. The summed E-state index contributed by atoms with van der Waals surface area (Å²) in [6, 6.07) is 8.56. The number of carboxylic acid groups (broad SMARTS) is 1. The van der Waals surface area contributed by atoms with Crippen molar-refractivity contribution in [1.82, 2.24) is 4.90 Å². The number of aliphatic carboxylic acids is 1. The highest BCUT2D eigenvalue weighted by atomic mass is 16.4. The Labute approximate surface area is 108 Å². The molecule has 18 heavy (non-hydrogen) atoms. The smallest absolute Gasteiger partial charge is 0.303 e. The summed E-state index contributed by atoms with van der Waals surface area (Å²) < 4.78 is 0. The highest BCUT2D eigenvalue weighted by Gasteiger charge is 2.35. The molecular formula is C15H21NO2. The monoisotopic (exact) mass is 247 g/mol. The first-order valence-electron chi connectivity index (χ1n) is 6.47. The summed E-state index contributed by atoms with van der Waals surface area (Å²) in [5, 5.41) is 8.93. The molecule has 1 aromatic carbocycles.